The molecular formula is C24H27N3O3. The summed E-state index contributed by atoms with van der Waals surface area (Å²) in [4.78, 5) is 15.1. The lowest BCUT2D eigenvalue weighted by Crippen LogP contribution is -2.31. The molecule has 1 aliphatic heterocycles. The van der Waals surface area contributed by atoms with Gasteiger partial charge in [0.2, 0.25) is 0 Å². The van der Waals surface area contributed by atoms with Crippen LogP contribution in [0.25, 0.3) is 11.3 Å². The van der Waals surface area contributed by atoms with E-state index in [0.717, 1.165) is 29.5 Å². The van der Waals surface area contributed by atoms with Crippen molar-refractivity contribution in [3.05, 3.63) is 70.4 Å². The standard InChI is InChI=1S/C24H27N3O3/c1-4-16-7-9-17(10-8-16)23-20-21(18-14-15(2)6-11-19(18)28)25-26-22(20)24(29)27(23)12-5-13-30-3/h6-11,14,23,28H,4-5,12-13H2,1-3H3,(H,25,26)/t23-/m1/s1. The van der Waals surface area contributed by atoms with Gasteiger partial charge < -0.3 is 14.7 Å². The average molecular weight is 405 g/mol. The molecule has 6 heteroatoms. The van der Waals surface area contributed by atoms with Crippen molar-refractivity contribution in [2.75, 3.05) is 20.3 Å². The van der Waals surface area contributed by atoms with E-state index in [1.165, 1.54) is 5.56 Å². The molecule has 30 heavy (non-hydrogen) atoms. The van der Waals surface area contributed by atoms with Crippen molar-refractivity contribution in [3.8, 4) is 17.0 Å². The van der Waals surface area contributed by atoms with Crippen LogP contribution >= 0.6 is 0 Å². The van der Waals surface area contributed by atoms with Crippen molar-refractivity contribution in [3.63, 3.8) is 0 Å². The number of aromatic amines is 1. The first-order chi connectivity index (χ1) is 14.5. The third kappa shape index (κ3) is 3.48. The Morgan fingerprint density at radius 3 is 2.67 bits per heavy atom. The zero-order chi connectivity index (χ0) is 21.3. The number of nitrogens with one attached hydrogen (secondary N) is 1. The number of benzene rings is 2. The van der Waals surface area contributed by atoms with Crippen LogP contribution in [0.2, 0.25) is 0 Å². The fourth-order valence-corrected chi connectivity index (χ4v) is 4.13. The number of aromatic nitrogens is 2. The summed E-state index contributed by atoms with van der Waals surface area (Å²) in [5, 5.41) is 17.9. The summed E-state index contributed by atoms with van der Waals surface area (Å²) in [5.74, 6) is 0.0804. The van der Waals surface area contributed by atoms with Gasteiger partial charge in [-0.3, -0.25) is 9.89 Å². The van der Waals surface area contributed by atoms with Crippen LogP contribution in [-0.4, -0.2) is 46.4 Å². The second-order valence-electron chi connectivity index (χ2n) is 7.72. The normalized spacial score (nSPS) is 15.6. The average Bonchev–Trinajstić information content (AvgIpc) is 3.29. The van der Waals surface area contributed by atoms with Gasteiger partial charge in [0.05, 0.1) is 6.04 Å². The molecule has 156 valence electrons. The number of hydrogen-bond acceptors (Lipinski definition) is 4. The molecular weight excluding hydrogens is 378 g/mol. The first-order valence-electron chi connectivity index (χ1n) is 10.3. The van der Waals surface area contributed by atoms with E-state index < -0.39 is 0 Å². The highest BCUT2D eigenvalue weighted by Gasteiger charge is 2.42. The van der Waals surface area contributed by atoms with Gasteiger partial charge in [-0.1, -0.05) is 42.8 Å². The molecule has 0 saturated carbocycles. The van der Waals surface area contributed by atoms with Crippen LogP contribution in [0.3, 0.4) is 0 Å². The van der Waals surface area contributed by atoms with Crippen LogP contribution in [0.15, 0.2) is 42.5 Å². The van der Waals surface area contributed by atoms with E-state index in [4.69, 9.17) is 4.74 Å². The van der Waals surface area contributed by atoms with Gasteiger partial charge in [-0.05, 0) is 43.0 Å². The van der Waals surface area contributed by atoms with Gasteiger partial charge in [-0.25, -0.2) is 0 Å². The molecule has 4 rings (SSSR count). The number of fused-ring (bicyclic) bond motifs is 1. The minimum atomic E-state index is -0.260. The molecule has 3 aromatic rings. The zero-order valence-corrected chi connectivity index (χ0v) is 17.6. The summed E-state index contributed by atoms with van der Waals surface area (Å²) in [6.07, 6.45) is 1.70. The number of rotatable bonds is 7. The maximum absolute atomic E-state index is 13.2. The molecule has 2 heterocycles. The smallest absolute Gasteiger partial charge is 0.273 e. The predicted octanol–water partition coefficient (Wildman–Crippen LogP) is 4.23. The molecule has 0 saturated heterocycles. The van der Waals surface area contributed by atoms with Gasteiger partial charge in [-0.2, -0.15) is 5.10 Å². The number of ether oxygens (including phenoxy) is 1. The number of carbonyl (C=O) groups is 1. The number of phenolic OH excluding ortho intramolecular Hbond substituents is 1. The molecule has 1 atom stereocenters. The molecule has 0 spiro atoms. The number of methoxy groups -OCH3 is 1. The quantitative estimate of drug-likeness (QED) is 0.577. The van der Waals surface area contributed by atoms with Crippen molar-refractivity contribution >= 4 is 5.91 Å². The van der Waals surface area contributed by atoms with Crippen molar-refractivity contribution in [2.24, 2.45) is 0 Å². The maximum Gasteiger partial charge on any atom is 0.273 e. The molecule has 0 bridgehead atoms. The Morgan fingerprint density at radius 2 is 1.97 bits per heavy atom. The molecule has 2 aromatic carbocycles. The van der Waals surface area contributed by atoms with Gasteiger partial charge in [-0.15, -0.1) is 0 Å². The van der Waals surface area contributed by atoms with E-state index in [2.05, 4.69) is 41.4 Å². The predicted molar refractivity (Wildman–Crippen MR) is 116 cm³/mol. The monoisotopic (exact) mass is 405 g/mol. The molecule has 1 amide bonds. The minimum absolute atomic E-state index is 0.0726. The van der Waals surface area contributed by atoms with Crippen LogP contribution in [0.5, 0.6) is 5.75 Å². The van der Waals surface area contributed by atoms with E-state index in [1.807, 2.05) is 24.0 Å². The van der Waals surface area contributed by atoms with Crippen LogP contribution in [0.4, 0.5) is 0 Å². The maximum atomic E-state index is 13.2. The van der Waals surface area contributed by atoms with Gasteiger partial charge in [0.15, 0.2) is 0 Å². The Hall–Kier alpha value is -3.12. The first-order valence-corrected chi connectivity index (χ1v) is 10.3. The van der Waals surface area contributed by atoms with Crippen molar-refractivity contribution in [1.82, 2.24) is 15.1 Å². The van der Waals surface area contributed by atoms with Gasteiger partial charge >= 0.3 is 0 Å². The van der Waals surface area contributed by atoms with Crippen molar-refractivity contribution in [1.29, 1.82) is 0 Å². The third-order valence-electron chi connectivity index (χ3n) is 5.72. The fourth-order valence-electron chi connectivity index (χ4n) is 4.13. The summed E-state index contributed by atoms with van der Waals surface area (Å²) >= 11 is 0. The topological polar surface area (TPSA) is 78.5 Å². The number of H-pyrrole nitrogens is 1. The fraction of sp³-hybridized carbons (Fsp3) is 0.333. The Bertz CT molecular complexity index is 1060. The highest BCUT2D eigenvalue weighted by molar-refractivity contribution is 6.00. The number of nitrogens with zero attached hydrogens (tertiary/aromatic N) is 2. The van der Waals surface area contributed by atoms with Crippen molar-refractivity contribution in [2.45, 2.75) is 32.7 Å². The summed E-state index contributed by atoms with van der Waals surface area (Å²) in [5.41, 5.74) is 5.87. The SMILES string of the molecule is CCc1ccc([C@@H]2c3c(-c4cc(C)ccc4O)n[nH]c3C(=O)N2CCCOC)cc1. The summed E-state index contributed by atoms with van der Waals surface area (Å²) < 4.78 is 5.20. The highest BCUT2D eigenvalue weighted by atomic mass is 16.5. The van der Waals surface area contributed by atoms with E-state index in [9.17, 15) is 9.90 Å². The number of aryl methyl sites for hydroxylation is 2. The van der Waals surface area contributed by atoms with Crippen molar-refractivity contribution < 1.29 is 14.6 Å². The molecule has 0 radical (unpaired) electrons. The molecule has 1 aliphatic rings. The van der Waals surface area contributed by atoms with E-state index in [-0.39, 0.29) is 17.7 Å². The number of aromatic hydroxyl groups is 1. The first kappa shape index (κ1) is 20.2. The van der Waals surface area contributed by atoms with Crippen LogP contribution in [0.1, 0.15) is 52.1 Å². The van der Waals surface area contributed by atoms with Gasteiger partial charge in [0.1, 0.15) is 17.1 Å². The Kier molecular flexibility index (Phi) is 5.59. The lowest BCUT2D eigenvalue weighted by Gasteiger charge is -2.26. The Labute approximate surface area is 176 Å². The number of carbonyl (C=O) groups excluding carboxylic acids is 1. The summed E-state index contributed by atoms with van der Waals surface area (Å²) in [6.45, 7) is 5.26. The van der Waals surface area contributed by atoms with Gasteiger partial charge in [0, 0.05) is 31.4 Å². The third-order valence-corrected chi connectivity index (χ3v) is 5.72. The zero-order valence-electron chi connectivity index (χ0n) is 17.6. The van der Waals surface area contributed by atoms with E-state index in [0.29, 0.717) is 30.1 Å². The highest BCUT2D eigenvalue weighted by Crippen LogP contribution is 2.44. The minimum Gasteiger partial charge on any atom is -0.507 e. The number of hydrogen-bond donors (Lipinski definition) is 2. The number of phenols is 1. The van der Waals surface area contributed by atoms with Crippen LogP contribution < -0.4 is 0 Å². The second-order valence-corrected chi connectivity index (χ2v) is 7.72. The van der Waals surface area contributed by atoms with E-state index >= 15 is 0 Å². The van der Waals surface area contributed by atoms with Gasteiger partial charge in [0.25, 0.3) is 5.91 Å². The molecule has 0 unspecified atom stereocenters. The van der Waals surface area contributed by atoms with Crippen LogP contribution in [-0.2, 0) is 11.2 Å². The number of amides is 1. The van der Waals surface area contributed by atoms with E-state index in [1.54, 1.807) is 13.2 Å². The Balaban J connectivity index is 1.84. The lowest BCUT2D eigenvalue weighted by molar-refractivity contribution is 0.0723. The summed E-state index contributed by atoms with van der Waals surface area (Å²) in [6, 6.07) is 13.6. The largest absolute Gasteiger partial charge is 0.507 e. The summed E-state index contributed by atoms with van der Waals surface area (Å²) in [7, 11) is 1.66. The molecule has 0 aliphatic carbocycles. The molecule has 2 N–H and O–H groups in total. The molecule has 6 nitrogen and oxygen atoms in total. The second kappa shape index (κ2) is 8.32. The Morgan fingerprint density at radius 1 is 1.20 bits per heavy atom. The molecule has 0 fully saturated rings. The lowest BCUT2D eigenvalue weighted by atomic mass is 9.94. The van der Waals surface area contributed by atoms with Crippen LogP contribution in [0, 0.1) is 6.92 Å². The molecule has 1 aromatic heterocycles.